The Balaban J connectivity index is 1.78. The van der Waals surface area contributed by atoms with Crippen molar-refractivity contribution in [2.24, 2.45) is 40.9 Å². The molecule has 0 unspecified atom stereocenters. The van der Waals surface area contributed by atoms with Crippen molar-refractivity contribution in [1.82, 2.24) is 0 Å². The van der Waals surface area contributed by atoms with Crippen LogP contribution in [0.2, 0.25) is 0 Å². The maximum absolute atomic E-state index is 13.1. The summed E-state index contributed by atoms with van der Waals surface area (Å²) in [4.78, 5) is 25.2. The monoisotopic (exact) mass is 288 g/mol. The Bertz CT molecular complexity index is 537. The zero-order valence-electron chi connectivity index (χ0n) is 13.0. The van der Waals surface area contributed by atoms with E-state index in [9.17, 15) is 9.59 Å². The first-order chi connectivity index (χ1) is 9.94. The number of cyclic esters (lactones) is 1. The first-order valence-corrected chi connectivity index (χ1v) is 8.37. The molecule has 0 bridgehead atoms. The van der Waals surface area contributed by atoms with Gasteiger partial charge in [0.1, 0.15) is 12.0 Å². The molecule has 8 atom stereocenters. The summed E-state index contributed by atoms with van der Waals surface area (Å²) in [6.45, 7) is 6.39. The Labute approximate surface area is 126 Å². The number of carbonyl (C=O) groups is 2. The molecule has 0 aromatic rings. The van der Waals surface area contributed by atoms with Crippen LogP contribution < -0.4 is 0 Å². The van der Waals surface area contributed by atoms with Crippen molar-refractivity contribution in [3.8, 4) is 0 Å². The topological polar surface area (TPSA) is 43.4 Å². The van der Waals surface area contributed by atoms with E-state index in [1.54, 1.807) is 0 Å². The van der Waals surface area contributed by atoms with Crippen LogP contribution in [0.1, 0.15) is 40.0 Å². The van der Waals surface area contributed by atoms with E-state index in [-0.39, 0.29) is 35.1 Å². The lowest BCUT2D eigenvalue weighted by Gasteiger charge is -2.48. The molecule has 2 saturated carbocycles. The maximum atomic E-state index is 13.1. The number of esters is 1. The van der Waals surface area contributed by atoms with E-state index in [1.165, 1.54) is 12.8 Å². The number of allylic oxidation sites excluding steroid dienone is 2. The minimum absolute atomic E-state index is 0.0616. The average Bonchev–Trinajstić information content (AvgIpc) is 2.85. The van der Waals surface area contributed by atoms with Gasteiger partial charge in [0.05, 0.1) is 0 Å². The molecule has 1 heterocycles. The van der Waals surface area contributed by atoms with Crippen LogP contribution in [0, 0.1) is 40.9 Å². The molecule has 1 saturated heterocycles. The van der Waals surface area contributed by atoms with Gasteiger partial charge >= 0.3 is 5.97 Å². The summed E-state index contributed by atoms with van der Waals surface area (Å²) in [7, 11) is 0. The summed E-state index contributed by atoms with van der Waals surface area (Å²) >= 11 is 0. The van der Waals surface area contributed by atoms with Crippen LogP contribution in [0.15, 0.2) is 12.2 Å². The Kier molecular flexibility index (Phi) is 2.71. The Morgan fingerprint density at radius 2 is 1.95 bits per heavy atom. The highest BCUT2D eigenvalue weighted by molar-refractivity contribution is 6.06. The van der Waals surface area contributed by atoms with Gasteiger partial charge in [-0.1, -0.05) is 32.4 Å². The van der Waals surface area contributed by atoms with Crippen LogP contribution in [0.3, 0.4) is 0 Å². The zero-order chi connectivity index (χ0) is 14.9. The van der Waals surface area contributed by atoms with Crippen LogP contribution >= 0.6 is 0 Å². The van der Waals surface area contributed by atoms with Crippen molar-refractivity contribution in [3.05, 3.63) is 12.2 Å². The summed E-state index contributed by atoms with van der Waals surface area (Å²) in [5.74, 6) is 1.32. The minimum atomic E-state index is -0.502. The summed E-state index contributed by atoms with van der Waals surface area (Å²) < 4.78 is 5.35. The molecule has 0 aromatic heterocycles. The first-order valence-electron chi connectivity index (χ1n) is 8.37. The highest BCUT2D eigenvalue weighted by Gasteiger charge is 2.68. The van der Waals surface area contributed by atoms with E-state index < -0.39 is 5.92 Å². The van der Waals surface area contributed by atoms with E-state index in [0.717, 1.165) is 12.3 Å². The van der Waals surface area contributed by atoms with Crippen molar-refractivity contribution >= 4 is 11.8 Å². The van der Waals surface area contributed by atoms with Crippen LogP contribution in [0.4, 0.5) is 0 Å². The molecule has 0 spiro atoms. The minimum Gasteiger partial charge on any atom is -0.462 e. The van der Waals surface area contributed by atoms with Gasteiger partial charge in [-0.25, -0.2) is 0 Å². The normalized spacial score (nSPS) is 54.9. The fourth-order valence-electron chi connectivity index (χ4n) is 5.85. The highest BCUT2D eigenvalue weighted by atomic mass is 16.6. The zero-order valence-corrected chi connectivity index (χ0v) is 13.0. The molecule has 114 valence electrons. The average molecular weight is 288 g/mol. The van der Waals surface area contributed by atoms with Crippen LogP contribution in [-0.4, -0.2) is 17.9 Å². The fourth-order valence-corrected chi connectivity index (χ4v) is 5.85. The van der Waals surface area contributed by atoms with Gasteiger partial charge in [-0.15, -0.1) is 0 Å². The SMILES string of the molecule is C[C@@H]1CC[C@@H]2[C@H](C=C[C@H]3[C@H]4[C@H](C(=O)O[C@H]4C)C(=O)[C@@]23C)C1. The quantitative estimate of drug-likeness (QED) is 0.391. The lowest BCUT2D eigenvalue weighted by molar-refractivity contribution is -0.150. The summed E-state index contributed by atoms with van der Waals surface area (Å²) in [6.07, 6.45) is 7.99. The Hall–Kier alpha value is -1.12. The molecule has 4 rings (SSSR count). The molecule has 0 radical (unpaired) electrons. The predicted molar refractivity (Wildman–Crippen MR) is 78.3 cm³/mol. The molecule has 3 fully saturated rings. The van der Waals surface area contributed by atoms with Crippen LogP contribution in [0.5, 0.6) is 0 Å². The van der Waals surface area contributed by atoms with Gasteiger partial charge in [0.25, 0.3) is 0 Å². The van der Waals surface area contributed by atoms with E-state index in [2.05, 4.69) is 26.0 Å². The number of hydrogen-bond acceptors (Lipinski definition) is 3. The molecule has 0 N–H and O–H groups in total. The second kappa shape index (κ2) is 4.21. The van der Waals surface area contributed by atoms with Crippen LogP contribution in [0.25, 0.3) is 0 Å². The molecule has 3 heteroatoms. The van der Waals surface area contributed by atoms with Crippen molar-refractivity contribution in [1.29, 1.82) is 0 Å². The Morgan fingerprint density at radius 3 is 2.71 bits per heavy atom. The number of fused-ring (bicyclic) bond motifs is 5. The van der Waals surface area contributed by atoms with Crippen molar-refractivity contribution in [2.45, 2.75) is 46.1 Å². The van der Waals surface area contributed by atoms with Gasteiger partial charge in [-0.3, -0.25) is 9.59 Å². The molecular formula is C18H24O3. The third-order valence-electron chi connectivity index (χ3n) is 6.90. The third kappa shape index (κ3) is 1.55. The molecule has 3 aliphatic carbocycles. The third-order valence-corrected chi connectivity index (χ3v) is 6.90. The van der Waals surface area contributed by atoms with Gasteiger partial charge in [-0.2, -0.15) is 0 Å². The lowest BCUT2D eigenvalue weighted by Crippen LogP contribution is -2.47. The number of carbonyl (C=O) groups excluding carboxylic acids is 2. The van der Waals surface area contributed by atoms with Crippen molar-refractivity contribution < 1.29 is 14.3 Å². The number of ketones is 1. The second-order valence-corrected chi connectivity index (χ2v) is 7.94. The predicted octanol–water partition coefficient (Wildman–Crippen LogP) is 2.99. The second-order valence-electron chi connectivity index (χ2n) is 7.94. The standard InChI is InChI=1S/C18H24O3/c1-9-4-6-12-11(8-9)5-7-13-14-10(2)21-17(20)15(14)16(19)18(12,13)3/h5,7,9-15H,4,6,8H2,1-3H3/t9-,10+,11-,12-,13+,14+,15+,18+/m1/s1. The molecule has 3 nitrogen and oxygen atoms in total. The Morgan fingerprint density at radius 1 is 1.19 bits per heavy atom. The van der Waals surface area contributed by atoms with Gasteiger partial charge in [0.15, 0.2) is 5.78 Å². The van der Waals surface area contributed by atoms with E-state index in [4.69, 9.17) is 4.74 Å². The van der Waals surface area contributed by atoms with Gasteiger partial charge < -0.3 is 4.74 Å². The molecule has 21 heavy (non-hydrogen) atoms. The lowest BCUT2D eigenvalue weighted by atomic mass is 9.55. The van der Waals surface area contributed by atoms with E-state index >= 15 is 0 Å². The highest BCUT2D eigenvalue weighted by Crippen LogP contribution is 2.62. The van der Waals surface area contributed by atoms with Crippen molar-refractivity contribution in [3.63, 3.8) is 0 Å². The number of ether oxygens (including phenoxy) is 1. The summed E-state index contributed by atoms with van der Waals surface area (Å²) in [5.41, 5.74) is -0.345. The molecule has 0 amide bonds. The van der Waals surface area contributed by atoms with E-state index in [0.29, 0.717) is 11.8 Å². The summed E-state index contributed by atoms with van der Waals surface area (Å²) in [5, 5.41) is 0. The molecule has 4 aliphatic rings. The molecule has 1 aliphatic heterocycles. The summed E-state index contributed by atoms with van der Waals surface area (Å²) in [6, 6.07) is 0. The van der Waals surface area contributed by atoms with Crippen molar-refractivity contribution in [2.75, 3.05) is 0 Å². The van der Waals surface area contributed by atoms with Crippen LogP contribution in [-0.2, 0) is 14.3 Å². The maximum Gasteiger partial charge on any atom is 0.317 e. The number of rotatable bonds is 0. The fraction of sp³-hybridized carbons (Fsp3) is 0.778. The number of Topliss-reactive ketones (excluding diaryl/α,β-unsaturated/α-hetero) is 1. The van der Waals surface area contributed by atoms with Gasteiger partial charge in [-0.05, 0) is 43.4 Å². The smallest absolute Gasteiger partial charge is 0.317 e. The molecule has 0 aromatic carbocycles. The van der Waals surface area contributed by atoms with E-state index in [1.807, 2.05) is 6.92 Å². The number of hydrogen-bond donors (Lipinski definition) is 0. The van der Waals surface area contributed by atoms with Gasteiger partial charge in [0.2, 0.25) is 0 Å². The van der Waals surface area contributed by atoms with Gasteiger partial charge in [0, 0.05) is 11.3 Å². The first kappa shape index (κ1) is 13.5. The largest absolute Gasteiger partial charge is 0.462 e. The molecular weight excluding hydrogens is 264 g/mol.